The zero-order valence-corrected chi connectivity index (χ0v) is 13.5. The van der Waals surface area contributed by atoms with E-state index >= 15 is 0 Å². The number of nitrogens with zero attached hydrogens (tertiary/aromatic N) is 1. The second-order valence-electron chi connectivity index (χ2n) is 4.86. The summed E-state index contributed by atoms with van der Waals surface area (Å²) in [5.41, 5.74) is 0.196. The summed E-state index contributed by atoms with van der Waals surface area (Å²) < 4.78 is 36.6. The van der Waals surface area contributed by atoms with E-state index in [9.17, 15) is 13.2 Å². The molecule has 8 heteroatoms. The van der Waals surface area contributed by atoms with E-state index < -0.39 is 16.0 Å². The summed E-state index contributed by atoms with van der Waals surface area (Å²) in [7, 11) is -0.962. The van der Waals surface area contributed by atoms with Crippen LogP contribution >= 0.6 is 0 Å². The molecule has 1 aromatic rings. The van der Waals surface area contributed by atoms with Crippen LogP contribution < -0.4 is 10.1 Å². The minimum Gasteiger partial charge on any atom is -0.496 e. The number of esters is 1. The van der Waals surface area contributed by atoms with Gasteiger partial charge in [0, 0.05) is 25.7 Å². The molecule has 1 heterocycles. The maximum Gasteiger partial charge on any atom is 0.341 e. The van der Waals surface area contributed by atoms with Crippen molar-refractivity contribution in [2.24, 2.45) is 0 Å². The van der Waals surface area contributed by atoms with E-state index in [1.54, 1.807) is 0 Å². The first kappa shape index (κ1) is 16.7. The Bertz CT molecular complexity index is 637. The summed E-state index contributed by atoms with van der Waals surface area (Å²) in [6.07, 6.45) is 0.761. The summed E-state index contributed by atoms with van der Waals surface area (Å²) in [6, 6.07) is 4.18. The van der Waals surface area contributed by atoms with Crippen LogP contribution in [0.1, 0.15) is 16.8 Å². The van der Waals surface area contributed by atoms with E-state index in [1.165, 1.54) is 36.7 Å². The van der Waals surface area contributed by atoms with Gasteiger partial charge in [0.25, 0.3) is 0 Å². The van der Waals surface area contributed by atoms with Gasteiger partial charge in [-0.2, -0.15) is 4.31 Å². The first-order valence-electron chi connectivity index (χ1n) is 6.98. The fourth-order valence-electron chi connectivity index (χ4n) is 2.32. The van der Waals surface area contributed by atoms with Crippen molar-refractivity contribution >= 4 is 16.0 Å². The number of carbonyl (C=O) groups excluding carboxylic acids is 1. The standard InChI is InChI=1S/C14H20N2O5S/c1-20-13-10-11(4-5-12(13)14(17)21-2)22(18,19)16-8-3-6-15-7-9-16/h4-5,10,15H,3,6-9H2,1-2H3. The summed E-state index contributed by atoms with van der Waals surface area (Å²) in [4.78, 5) is 11.7. The van der Waals surface area contributed by atoms with Gasteiger partial charge in [-0.1, -0.05) is 0 Å². The summed E-state index contributed by atoms with van der Waals surface area (Å²) >= 11 is 0. The van der Waals surface area contributed by atoms with Crippen molar-refractivity contribution in [3.8, 4) is 5.75 Å². The van der Waals surface area contributed by atoms with Gasteiger partial charge in [0.1, 0.15) is 11.3 Å². The first-order valence-corrected chi connectivity index (χ1v) is 8.42. The van der Waals surface area contributed by atoms with Crippen LogP contribution in [0.25, 0.3) is 0 Å². The van der Waals surface area contributed by atoms with Gasteiger partial charge >= 0.3 is 5.97 Å². The van der Waals surface area contributed by atoms with Crippen molar-refractivity contribution in [2.75, 3.05) is 40.4 Å². The number of nitrogens with one attached hydrogen (secondary N) is 1. The normalized spacial score (nSPS) is 16.8. The van der Waals surface area contributed by atoms with Crippen LogP contribution in [0, 0.1) is 0 Å². The third-order valence-electron chi connectivity index (χ3n) is 3.52. The van der Waals surface area contributed by atoms with Gasteiger partial charge in [0.15, 0.2) is 0 Å². The molecular formula is C14H20N2O5S. The Morgan fingerprint density at radius 1 is 1.23 bits per heavy atom. The molecule has 1 N–H and O–H groups in total. The molecule has 0 saturated carbocycles. The molecule has 1 aromatic carbocycles. The lowest BCUT2D eigenvalue weighted by Crippen LogP contribution is -2.34. The minimum atomic E-state index is -3.61. The van der Waals surface area contributed by atoms with Gasteiger partial charge in [-0.25, -0.2) is 13.2 Å². The van der Waals surface area contributed by atoms with Crippen molar-refractivity contribution in [3.05, 3.63) is 23.8 Å². The smallest absolute Gasteiger partial charge is 0.341 e. The Balaban J connectivity index is 2.36. The lowest BCUT2D eigenvalue weighted by molar-refractivity contribution is 0.0597. The molecule has 0 unspecified atom stereocenters. The molecule has 22 heavy (non-hydrogen) atoms. The van der Waals surface area contributed by atoms with E-state index in [2.05, 4.69) is 10.1 Å². The number of carbonyl (C=O) groups is 1. The molecule has 7 nitrogen and oxygen atoms in total. The molecule has 0 aliphatic carbocycles. The molecule has 0 atom stereocenters. The Kier molecular flexibility index (Phi) is 5.38. The second kappa shape index (κ2) is 7.08. The van der Waals surface area contributed by atoms with E-state index in [0.717, 1.165) is 13.0 Å². The molecule has 122 valence electrons. The van der Waals surface area contributed by atoms with Crippen LogP contribution in [0.2, 0.25) is 0 Å². The lowest BCUT2D eigenvalue weighted by atomic mass is 10.2. The molecule has 1 aliphatic rings. The zero-order chi connectivity index (χ0) is 16.2. The predicted octanol–water partition coefficient (Wildman–Crippen LogP) is 0.466. The highest BCUT2D eigenvalue weighted by Crippen LogP contribution is 2.26. The van der Waals surface area contributed by atoms with Crippen LogP contribution in [-0.2, 0) is 14.8 Å². The Morgan fingerprint density at radius 2 is 2.00 bits per heavy atom. The van der Waals surface area contributed by atoms with Gasteiger partial charge in [-0.05, 0) is 25.1 Å². The van der Waals surface area contributed by atoms with E-state index in [-0.39, 0.29) is 16.2 Å². The first-order chi connectivity index (χ1) is 10.5. The fraction of sp³-hybridized carbons (Fsp3) is 0.500. The third-order valence-corrected chi connectivity index (χ3v) is 5.41. The predicted molar refractivity (Wildman–Crippen MR) is 80.6 cm³/mol. The van der Waals surface area contributed by atoms with E-state index in [4.69, 9.17) is 4.74 Å². The monoisotopic (exact) mass is 328 g/mol. The SMILES string of the molecule is COC(=O)c1ccc(S(=O)(=O)N2CCCNCC2)cc1OC. The Morgan fingerprint density at radius 3 is 2.68 bits per heavy atom. The average Bonchev–Trinajstić information content (AvgIpc) is 2.83. The van der Waals surface area contributed by atoms with Crippen LogP contribution in [0.4, 0.5) is 0 Å². The number of rotatable bonds is 4. The zero-order valence-electron chi connectivity index (χ0n) is 12.7. The summed E-state index contributed by atoms with van der Waals surface area (Å²) in [5.74, 6) is -0.388. The number of hydrogen-bond acceptors (Lipinski definition) is 6. The molecule has 0 bridgehead atoms. The summed E-state index contributed by atoms with van der Waals surface area (Å²) in [6.45, 7) is 2.31. The molecule has 0 amide bonds. The molecule has 0 radical (unpaired) electrons. The van der Waals surface area contributed by atoms with Gasteiger partial charge < -0.3 is 14.8 Å². The van der Waals surface area contributed by atoms with Crippen molar-refractivity contribution in [2.45, 2.75) is 11.3 Å². The molecule has 0 spiro atoms. The maximum atomic E-state index is 12.7. The van der Waals surface area contributed by atoms with Gasteiger partial charge in [-0.3, -0.25) is 0 Å². The van der Waals surface area contributed by atoms with Crippen LogP contribution in [0.3, 0.4) is 0 Å². The average molecular weight is 328 g/mol. The van der Waals surface area contributed by atoms with Gasteiger partial charge in [-0.15, -0.1) is 0 Å². The van der Waals surface area contributed by atoms with Crippen LogP contribution in [0.15, 0.2) is 23.1 Å². The fourth-order valence-corrected chi connectivity index (χ4v) is 3.82. The van der Waals surface area contributed by atoms with Crippen LogP contribution in [0.5, 0.6) is 5.75 Å². The van der Waals surface area contributed by atoms with Crippen molar-refractivity contribution in [3.63, 3.8) is 0 Å². The van der Waals surface area contributed by atoms with Crippen molar-refractivity contribution in [1.29, 1.82) is 0 Å². The number of methoxy groups -OCH3 is 2. The second-order valence-corrected chi connectivity index (χ2v) is 6.80. The van der Waals surface area contributed by atoms with Gasteiger partial charge in [0.2, 0.25) is 10.0 Å². The molecule has 1 fully saturated rings. The number of hydrogen-bond donors (Lipinski definition) is 1. The Labute approximate surface area is 130 Å². The Hall–Kier alpha value is -1.64. The number of ether oxygens (including phenoxy) is 2. The molecule has 1 aliphatic heterocycles. The van der Waals surface area contributed by atoms with Gasteiger partial charge in [0.05, 0.1) is 19.1 Å². The highest BCUT2D eigenvalue weighted by Gasteiger charge is 2.26. The maximum absolute atomic E-state index is 12.7. The van der Waals surface area contributed by atoms with Crippen molar-refractivity contribution in [1.82, 2.24) is 9.62 Å². The number of sulfonamides is 1. The van der Waals surface area contributed by atoms with E-state index in [0.29, 0.717) is 19.6 Å². The third kappa shape index (κ3) is 3.40. The lowest BCUT2D eigenvalue weighted by Gasteiger charge is -2.20. The topological polar surface area (TPSA) is 84.9 Å². The molecular weight excluding hydrogens is 308 g/mol. The largest absolute Gasteiger partial charge is 0.496 e. The minimum absolute atomic E-state index is 0.110. The summed E-state index contributed by atoms with van der Waals surface area (Å²) in [5, 5.41) is 3.16. The molecule has 2 rings (SSSR count). The quantitative estimate of drug-likeness (QED) is 0.809. The molecule has 0 aromatic heterocycles. The van der Waals surface area contributed by atoms with Crippen molar-refractivity contribution < 1.29 is 22.7 Å². The van der Waals surface area contributed by atoms with E-state index in [1.807, 2.05) is 0 Å². The highest BCUT2D eigenvalue weighted by molar-refractivity contribution is 7.89. The number of benzene rings is 1. The molecule has 1 saturated heterocycles. The van der Waals surface area contributed by atoms with Crippen LogP contribution in [-0.4, -0.2) is 59.1 Å². The highest BCUT2D eigenvalue weighted by atomic mass is 32.2.